The summed E-state index contributed by atoms with van der Waals surface area (Å²) in [7, 11) is 1.71. The van der Waals surface area contributed by atoms with Gasteiger partial charge in [-0.3, -0.25) is 0 Å². The summed E-state index contributed by atoms with van der Waals surface area (Å²) in [6.07, 6.45) is 0. The van der Waals surface area contributed by atoms with Crippen LogP contribution in [0.3, 0.4) is 0 Å². The molecule has 0 unspecified atom stereocenters. The van der Waals surface area contributed by atoms with Crippen molar-refractivity contribution >= 4 is 22.7 Å². The maximum absolute atomic E-state index is 5.37. The summed E-state index contributed by atoms with van der Waals surface area (Å²) in [6, 6.07) is 14.7. The van der Waals surface area contributed by atoms with Crippen LogP contribution in [0.4, 0.5) is 0 Å². The molecule has 3 aromatic rings. The quantitative estimate of drug-likeness (QED) is 0.707. The van der Waals surface area contributed by atoms with Crippen LogP contribution in [0.1, 0.15) is 10.4 Å². The maximum atomic E-state index is 5.37. The van der Waals surface area contributed by atoms with Gasteiger partial charge in [0.25, 0.3) is 0 Å². The first-order valence-electron chi connectivity index (χ1n) is 6.80. The Kier molecular flexibility index (Phi) is 4.70. The van der Waals surface area contributed by atoms with Crippen LogP contribution < -0.4 is 10.1 Å². The minimum Gasteiger partial charge on any atom is -0.496 e. The molecule has 0 bridgehead atoms. The molecule has 3 rings (SSSR count). The van der Waals surface area contributed by atoms with E-state index in [1.165, 1.54) is 20.9 Å². The lowest BCUT2D eigenvalue weighted by molar-refractivity contribution is 0.407. The van der Waals surface area contributed by atoms with E-state index in [-0.39, 0.29) is 0 Å². The molecule has 0 fully saturated rings. The second-order valence-electron chi connectivity index (χ2n) is 4.69. The zero-order chi connectivity index (χ0) is 14.5. The van der Waals surface area contributed by atoms with Crippen molar-refractivity contribution in [3.63, 3.8) is 0 Å². The highest BCUT2D eigenvalue weighted by atomic mass is 32.1. The number of hydrogen-bond donors (Lipinski definition) is 1. The van der Waals surface area contributed by atoms with E-state index >= 15 is 0 Å². The van der Waals surface area contributed by atoms with Crippen LogP contribution in [-0.4, -0.2) is 7.11 Å². The standard InChI is InChI=1S/C17H17NOS2/c1-19-16-6-3-2-5-13(16)10-18-11-15-9-14(12-21-15)17-7-4-8-20-17/h2-9,12,18H,10-11H2,1H3. The number of nitrogens with one attached hydrogen (secondary N) is 1. The average molecular weight is 315 g/mol. The lowest BCUT2D eigenvalue weighted by Gasteiger charge is -2.08. The molecule has 0 amide bonds. The summed E-state index contributed by atoms with van der Waals surface area (Å²) in [5.41, 5.74) is 2.51. The minimum absolute atomic E-state index is 0.816. The smallest absolute Gasteiger partial charge is 0.123 e. The fourth-order valence-electron chi connectivity index (χ4n) is 2.21. The molecule has 2 nitrogen and oxygen atoms in total. The van der Waals surface area contributed by atoms with Crippen molar-refractivity contribution in [1.82, 2.24) is 5.32 Å². The molecule has 0 saturated carbocycles. The molecule has 2 aromatic heterocycles. The maximum Gasteiger partial charge on any atom is 0.123 e. The Labute approximate surface area is 133 Å². The van der Waals surface area contributed by atoms with E-state index in [2.05, 4.69) is 40.3 Å². The van der Waals surface area contributed by atoms with Gasteiger partial charge in [-0.25, -0.2) is 0 Å². The Morgan fingerprint density at radius 3 is 2.76 bits per heavy atom. The van der Waals surface area contributed by atoms with Crippen molar-refractivity contribution in [2.24, 2.45) is 0 Å². The molecule has 4 heteroatoms. The second kappa shape index (κ2) is 6.89. The highest BCUT2D eigenvalue weighted by Gasteiger charge is 2.04. The zero-order valence-electron chi connectivity index (χ0n) is 11.8. The molecule has 0 spiro atoms. The summed E-state index contributed by atoms with van der Waals surface area (Å²) >= 11 is 3.59. The molecule has 1 N–H and O–H groups in total. The van der Waals surface area contributed by atoms with Gasteiger partial charge >= 0.3 is 0 Å². The average Bonchev–Trinajstić information content (AvgIpc) is 3.18. The first-order chi connectivity index (χ1) is 10.4. The van der Waals surface area contributed by atoms with Crippen molar-refractivity contribution in [2.45, 2.75) is 13.1 Å². The van der Waals surface area contributed by atoms with Crippen LogP contribution in [-0.2, 0) is 13.1 Å². The van der Waals surface area contributed by atoms with Gasteiger partial charge in [-0.1, -0.05) is 24.3 Å². The van der Waals surface area contributed by atoms with Gasteiger partial charge in [0.05, 0.1) is 7.11 Å². The first-order valence-corrected chi connectivity index (χ1v) is 8.56. The van der Waals surface area contributed by atoms with Crippen LogP contribution in [0.25, 0.3) is 10.4 Å². The molecule has 0 aliphatic heterocycles. The van der Waals surface area contributed by atoms with E-state index in [1.54, 1.807) is 29.8 Å². The SMILES string of the molecule is COc1ccccc1CNCc1cc(-c2cccs2)cs1. The van der Waals surface area contributed by atoms with E-state index in [1.807, 2.05) is 18.2 Å². The minimum atomic E-state index is 0.816. The number of hydrogen-bond acceptors (Lipinski definition) is 4. The Hall–Kier alpha value is -1.62. The number of para-hydroxylation sites is 1. The number of methoxy groups -OCH3 is 1. The van der Waals surface area contributed by atoms with Gasteiger partial charge in [-0.2, -0.15) is 0 Å². The van der Waals surface area contributed by atoms with E-state index in [0.29, 0.717) is 0 Å². The summed E-state index contributed by atoms with van der Waals surface area (Å²) in [4.78, 5) is 2.69. The van der Waals surface area contributed by atoms with Crippen molar-refractivity contribution in [2.75, 3.05) is 7.11 Å². The number of ether oxygens (including phenoxy) is 1. The lowest BCUT2D eigenvalue weighted by atomic mass is 10.2. The Morgan fingerprint density at radius 2 is 1.95 bits per heavy atom. The fraction of sp³-hybridized carbons (Fsp3) is 0.176. The Balaban J connectivity index is 1.58. The Bertz CT molecular complexity index is 688. The molecule has 0 aliphatic rings. The molecular weight excluding hydrogens is 298 g/mol. The van der Waals surface area contributed by atoms with Crippen LogP contribution in [0.2, 0.25) is 0 Å². The van der Waals surface area contributed by atoms with E-state index in [4.69, 9.17) is 4.74 Å². The molecule has 2 heterocycles. The molecule has 21 heavy (non-hydrogen) atoms. The van der Waals surface area contributed by atoms with Gasteiger partial charge in [0.15, 0.2) is 0 Å². The highest BCUT2D eigenvalue weighted by Crippen LogP contribution is 2.29. The zero-order valence-corrected chi connectivity index (χ0v) is 13.5. The van der Waals surface area contributed by atoms with Gasteiger partial charge in [0.1, 0.15) is 5.75 Å². The molecule has 108 valence electrons. The summed E-state index contributed by atoms with van der Waals surface area (Å²) < 4.78 is 5.37. The second-order valence-corrected chi connectivity index (χ2v) is 6.64. The first kappa shape index (κ1) is 14.3. The van der Waals surface area contributed by atoms with Crippen molar-refractivity contribution in [3.8, 4) is 16.2 Å². The topological polar surface area (TPSA) is 21.3 Å². The third kappa shape index (κ3) is 3.53. The van der Waals surface area contributed by atoms with Gasteiger partial charge in [0, 0.05) is 34.0 Å². The summed E-state index contributed by atoms with van der Waals surface area (Å²) in [6.45, 7) is 1.70. The van der Waals surface area contributed by atoms with Crippen LogP contribution in [0, 0.1) is 0 Å². The van der Waals surface area contributed by atoms with E-state index < -0.39 is 0 Å². The van der Waals surface area contributed by atoms with Crippen molar-refractivity contribution in [3.05, 3.63) is 63.7 Å². The largest absolute Gasteiger partial charge is 0.496 e. The summed E-state index contributed by atoms with van der Waals surface area (Å²) in [5.74, 6) is 0.940. The van der Waals surface area contributed by atoms with Gasteiger partial charge in [0.2, 0.25) is 0 Å². The van der Waals surface area contributed by atoms with E-state index in [0.717, 1.165) is 18.8 Å². The monoisotopic (exact) mass is 315 g/mol. The molecule has 1 aromatic carbocycles. The highest BCUT2D eigenvalue weighted by molar-refractivity contribution is 7.14. The normalized spacial score (nSPS) is 10.7. The fourth-order valence-corrected chi connectivity index (χ4v) is 3.86. The molecular formula is C17H17NOS2. The van der Waals surface area contributed by atoms with Crippen LogP contribution >= 0.6 is 22.7 Å². The van der Waals surface area contributed by atoms with Crippen molar-refractivity contribution < 1.29 is 4.74 Å². The van der Waals surface area contributed by atoms with Crippen LogP contribution in [0.15, 0.2) is 53.2 Å². The summed E-state index contributed by atoms with van der Waals surface area (Å²) in [5, 5.41) is 7.83. The Morgan fingerprint density at radius 1 is 1.05 bits per heavy atom. The van der Waals surface area contributed by atoms with E-state index in [9.17, 15) is 0 Å². The molecule has 0 saturated heterocycles. The molecule has 0 aliphatic carbocycles. The molecule has 0 radical (unpaired) electrons. The van der Waals surface area contributed by atoms with Gasteiger partial charge in [-0.15, -0.1) is 22.7 Å². The number of rotatable bonds is 6. The predicted molar refractivity (Wildman–Crippen MR) is 91.2 cm³/mol. The third-order valence-electron chi connectivity index (χ3n) is 3.27. The van der Waals surface area contributed by atoms with Crippen LogP contribution in [0.5, 0.6) is 5.75 Å². The van der Waals surface area contributed by atoms with Crippen molar-refractivity contribution in [1.29, 1.82) is 0 Å². The van der Waals surface area contributed by atoms with Gasteiger partial charge in [-0.05, 0) is 29.0 Å². The van der Waals surface area contributed by atoms with Gasteiger partial charge < -0.3 is 10.1 Å². The third-order valence-corrected chi connectivity index (χ3v) is 5.12. The molecule has 0 atom stereocenters. The number of thiophene rings is 2. The predicted octanol–water partition coefficient (Wildman–Crippen LogP) is 4.78. The lowest BCUT2D eigenvalue weighted by Crippen LogP contribution is -2.12. The number of benzene rings is 1.